The van der Waals surface area contributed by atoms with E-state index in [4.69, 9.17) is 4.74 Å². The largest absolute Gasteiger partial charge is 0.483 e. The third-order valence-corrected chi connectivity index (χ3v) is 3.28. The maximum Gasteiger partial charge on any atom is 0.262 e. The number of rotatable bonds is 5. The number of amides is 1. The lowest BCUT2D eigenvalue weighted by molar-refractivity contribution is -0.118. The van der Waals surface area contributed by atoms with E-state index in [0.717, 1.165) is 16.8 Å². The molecule has 2 aromatic carbocycles. The minimum atomic E-state index is -0.260. The highest BCUT2D eigenvalue weighted by atomic mass is 16.5. The molecule has 0 aliphatic rings. The van der Waals surface area contributed by atoms with Crippen LogP contribution >= 0.6 is 0 Å². The van der Waals surface area contributed by atoms with E-state index in [1.165, 1.54) is 0 Å². The predicted molar refractivity (Wildman–Crippen MR) is 81.9 cm³/mol. The molecule has 0 atom stereocenters. The molecule has 108 valence electrons. The smallest absolute Gasteiger partial charge is 0.262 e. The van der Waals surface area contributed by atoms with Gasteiger partial charge in [-0.3, -0.25) is 9.59 Å². The van der Waals surface area contributed by atoms with E-state index in [0.29, 0.717) is 17.6 Å². The quantitative estimate of drug-likeness (QED) is 0.858. The summed E-state index contributed by atoms with van der Waals surface area (Å²) in [7, 11) is 0. The summed E-state index contributed by atoms with van der Waals surface area (Å²) in [6.45, 7) is 3.80. The van der Waals surface area contributed by atoms with Crippen molar-refractivity contribution in [2.75, 3.05) is 11.9 Å². The first kappa shape index (κ1) is 14.8. The van der Waals surface area contributed by atoms with Gasteiger partial charge in [-0.2, -0.15) is 0 Å². The lowest BCUT2D eigenvalue weighted by atomic mass is 10.1. The number of aryl methyl sites for hydroxylation is 1. The third-order valence-electron chi connectivity index (χ3n) is 3.28. The fourth-order valence-corrected chi connectivity index (χ4v) is 1.93. The Morgan fingerprint density at radius 3 is 2.67 bits per heavy atom. The molecule has 0 bridgehead atoms. The minimum Gasteiger partial charge on any atom is -0.483 e. The van der Waals surface area contributed by atoms with Crippen LogP contribution in [-0.4, -0.2) is 18.8 Å². The summed E-state index contributed by atoms with van der Waals surface area (Å²) < 4.78 is 5.39. The lowest BCUT2D eigenvalue weighted by Crippen LogP contribution is -2.21. The zero-order valence-corrected chi connectivity index (χ0v) is 12.1. The van der Waals surface area contributed by atoms with Gasteiger partial charge in [0.25, 0.3) is 5.91 Å². The lowest BCUT2D eigenvalue weighted by Gasteiger charge is -2.11. The number of hydrogen-bond donors (Lipinski definition) is 1. The van der Waals surface area contributed by atoms with Crippen LogP contribution in [0.25, 0.3) is 0 Å². The summed E-state index contributed by atoms with van der Waals surface area (Å²) in [5, 5.41) is 2.81. The molecule has 0 saturated carbocycles. The predicted octanol–water partition coefficient (Wildman–Crippen LogP) is 3.13. The summed E-state index contributed by atoms with van der Waals surface area (Å²) in [6.07, 6.45) is 0.706. The van der Waals surface area contributed by atoms with Gasteiger partial charge in [0.2, 0.25) is 0 Å². The Morgan fingerprint density at radius 1 is 1.14 bits per heavy atom. The second kappa shape index (κ2) is 6.70. The van der Waals surface area contributed by atoms with Crippen molar-refractivity contribution < 1.29 is 14.3 Å². The van der Waals surface area contributed by atoms with Crippen molar-refractivity contribution in [1.82, 2.24) is 0 Å². The molecule has 1 amide bonds. The van der Waals surface area contributed by atoms with E-state index in [2.05, 4.69) is 5.32 Å². The normalized spacial score (nSPS) is 10.0. The molecule has 0 aliphatic heterocycles. The van der Waals surface area contributed by atoms with Crippen molar-refractivity contribution in [2.24, 2.45) is 0 Å². The fourth-order valence-electron chi connectivity index (χ4n) is 1.93. The van der Waals surface area contributed by atoms with Crippen molar-refractivity contribution in [3.8, 4) is 5.75 Å². The molecule has 0 aromatic heterocycles. The Morgan fingerprint density at radius 2 is 1.90 bits per heavy atom. The van der Waals surface area contributed by atoms with Crippen LogP contribution in [0, 0.1) is 13.8 Å². The molecule has 1 N–H and O–H groups in total. The Labute approximate surface area is 123 Å². The molecule has 0 unspecified atom stereocenters. The average molecular weight is 283 g/mol. The van der Waals surface area contributed by atoms with E-state index >= 15 is 0 Å². The maximum atomic E-state index is 11.9. The monoisotopic (exact) mass is 283 g/mol. The summed E-state index contributed by atoms with van der Waals surface area (Å²) >= 11 is 0. The van der Waals surface area contributed by atoms with Crippen molar-refractivity contribution in [1.29, 1.82) is 0 Å². The molecule has 2 rings (SSSR count). The molecule has 0 heterocycles. The molecule has 0 aliphatic carbocycles. The number of carbonyl (C=O) groups is 2. The van der Waals surface area contributed by atoms with Gasteiger partial charge < -0.3 is 10.1 Å². The topological polar surface area (TPSA) is 55.4 Å². The van der Waals surface area contributed by atoms with Crippen molar-refractivity contribution in [3.63, 3.8) is 0 Å². The van der Waals surface area contributed by atoms with Crippen molar-refractivity contribution in [3.05, 3.63) is 59.2 Å². The minimum absolute atomic E-state index is 0.141. The molecule has 4 heteroatoms. The summed E-state index contributed by atoms with van der Waals surface area (Å²) in [4.78, 5) is 22.8. The van der Waals surface area contributed by atoms with Gasteiger partial charge in [0.15, 0.2) is 12.9 Å². The van der Waals surface area contributed by atoms with Gasteiger partial charge in [0.1, 0.15) is 5.75 Å². The highest BCUT2D eigenvalue weighted by Crippen LogP contribution is 2.18. The number of benzene rings is 2. The first-order valence-corrected chi connectivity index (χ1v) is 6.65. The van der Waals surface area contributed by atoms with E-state index in [-0.39, 0.29) is 12.5 Å². The summed E-state index contributed by atoms with van der Waals surface area (Å²) in [6, 6.07) is 12.5. The summed E-state index contributed by atoms with van der Waals surface area (Å²) in [5.41, 5.74) is 3.34. The van der Waals surface area contributed by atoms with Crippen molar-refractivity contribution >= 4 is 17.9 Å². The Balaban J connectivity index is 1.99. The second-order valence-corrected chi connectivity index (χ2v) is 4.74. The molecular weight excluding hydrogens is 266 g/mol. The van der Waals surface area contributed by atoms with Gasteiger partial charge >= 0.3 is 0 Å². The fraction of sp³-hybridized carbons (Fsp3) is 0.176. The van der Waals surface area contributed by atoms with Crippen LogP contribution in [0.15, 0.2) is 42.5 Å². The van der Waals surface area contributed by atoms with Gasteiger partial charge in [0.05, 0.1) is 5.56 Å². The van der Waals surface area contributed by atoms with Crippen LogP contribution in [0.3, 0.4) is 0 Å². The maximum absolute atomic E-state index is 11.9. The van der Waals surface area contributed by atoms with Gasteiger partial charge in [-0.15, -0.1) is 0 Å². The van der Waals surface area contributed by atoms with Crippen LogP contribution in [-0.2, 0) is 4.79 Å². The van der Waals surface area contributed by atoms with Crippen LogP contribution in [0.4, 0.5) is 5.69 Å². The van der Waals surface area contributed by atoms with Gasteiger partial charge in [0, 0.05) is 5.69 Å². The van der Waals surface area contributed by atoms with E-state index in [1.54, 1.807) is 24.3 Å². The highest BCUT2D eigenvalue weighted by molar-refractivity contribution is 5.93. The zero-order chi connectivity index (χ0) is 15.2. The number of hydrogen-bond acceptors (Lipinski definition) is 3. The first-order valence-electron chi connectivity index (χ1n) is 6.65. The standard InChI is InChI=1S/C17H17NO3/c1-12-6-5-8-15(13(12)2)18-17(20)11-21-16-9-4-3-7-14(16)10-19/h3-10H,11H2,1-2H3,(H,18,20). The van der Waals surface area contributed by atoms with Crippen molar-refractivity contribution in [2.45, 2.75) is 13.8 Å². The Bertz CT molecular complexity index is 665. The van der Waals surface area contributed by atoms with Crippen LogP contribution in [0.1, 0.15) is 21.5 Å². The van der Waals surface area contributed by atoms with Crippen LogP contribution < -0.4 is 10.1 Å². The SMILES string of the molecule is Cc1cccc(NC(=O)COc2ccccc2C=O)c1C. The zero-order valence-electron chi connectivity index (χ0n) is 12.1. The van der Waals surface area contributed by atoms with E-state index in [9.17, 15) is 9.59 Å². The third kappa shape index (κ3) is 3.69. The van der Waals surface area contributed by atoms with Gasteiger partial charge in [-0.25, -0.2) is 0 Å². The average Bonchev–Trinajstić information content (AvgIpc) is 2.50. The van der Waals surface area contributed by atoms with Gasteiger partial charge in [-0.1, -0.05) is 24.3 Å². The van der Waals surface area contributed by atoms with Crippen LogP contribution in [0.2, 0.25) is 0 Å². The van der Waals surface area contributed by atoms with E-state index in [1.807, 2.05) is 32.0 Å². The molecule has 0 spiro atoms. The second-order valence-electron chi connectivity index (χ2n) is 4.74. The number of anilines is 1. The Kier molecular flexibility index (Phi) is 4.72. The number of ether oxygens (including phenoxy) is 1. The Hall–Kier alpha value is -2.62. The summed E-state index contributed by atoms with van der Waals surface area (Å²) in [5.74, 6) is 0.146. The number of para-hydroxylation sites is 1. The molecule has 0 saturated heterocycles. The van der Waals surface area contributed by atoms with Crippen LogP contribution in [0.5, 0.6) is 5.75 Å². The number of carbonyl (C=O) groups excluding carboxylic acids is 2. The van der Waals surface area contributed by atoms with Gasteiger partial charge in [-0.05, 0) is 43.2 Å². The molecule has 0 fully saturated rings. The van der Waals surface area contributed by atoms with E-state index < -0.39 is 0 Å². The molecule has 2 aromatic rings. The molecule has 21 heavy (non-hydrogen) atoms. The molecule has 0 radical (unpaired) electrons. The highest BCUT2D eigenvalue weighted by Gasteiger charge is 2.08. The molecule has 4 nitrogen and oxygen atoms in total. The molecular formula is C17H17NO3. The number of aldehydes is 1. The first-order chi connectivity index (χ1) is 10.1. The number of nitrogens with one attached hydrogen (secondary N) is 1.